The summed E-state index contributed by atoms with van der Waals surface area (Å²) in [5.74, 6) is 3.26. The maximum atomic E-state index is 14.2. The monoisotopic (exact) mass is 656 g/mol. The van der Waals surface area contributed by atoms with Crippen LogP contribution in [0.3, 0.4) is 0 Å². The predicted octanol–water partition coefficient (Wildman–Crippen LogP) is 4.00. The van der Waals surface area contributed by atoms with E-state index in [2.05, 4.69) is 44.6 Å². The molecule has 5 rings (SSSR count). The number of carbonyl (C=O) groups is 1. The molecule has 0 saturated heterocycles. The van der Waals surface area contributed by atoms with E-state index in [0.717, 1.165) is 37.0 Å². The molecule has 4 saturated carbocycles. The van der Waals surface area contributed by atoms with Crippen LogP contribution in [0.25, 0.3) is 0 Å². The Morgan fingerprint density at radius 1 is 0.829 bits per heavy atom. The van der Waals surface area contributed by atoms with E-state index in [4.69, 9.17) is 0 Å². The van der Waals surface area contributed by atoms with Crippen LogP contribution in [0.1, 0.15) is 143 Å². The average Bonchev–Trinajstić information content (AvgIpc) is 3.18. The zero-order valence-corrected chi connectivity index (χ0v) is 31.5. The van der Waals surface area contributed by atoms with Gasteiger partial charge < -0.3 is 24.8 Å². The van der Waals surface area contributed by atoms with E-state index in [1.807, 2.05) is 31.8 Å². The van der Waals surface area contributed by atoms with Crippen LogP contribution in [0, 0.1) is 29.1 Å². The van der Waals surface area contributed by atoms with Crippen LogP contribution in [-0.2, 0) is 25.5 Å². The van der Waals surface area contributed by atoms with Gasteiger partial charge in [0.15, 0.2) is 0 Å². The van der Waals surface area contributed by atoms with Gasteiger partial charge in [-0.2, -0.15) is 0 Å². The molecule has 0 heterocycles. The normalized spacial score (nSPS) is 32.0. The first-order valence-corrected chi connectivity index (χ1v) is 20.9. The molecule has 2 nitrogen and oxygen atoms in total. The van der Waals surface area contributed by atoms with Crippen molar-refractivity contribution in [2.45, 2.75) is 161 Å². The molecule has 233 valence electrons. The number of hydrogen-bond acceptors (Lipinski definition) is 1. The van der Waals surface area contributed by atoms with E-state index in [9.17, 15) is 4.79 Å². The minimum Gasteiger partial charge on any atom is -1.00 e. The van der Waals surface area contributed by atoms with Gasteiger partial charge in [0.05, 0.1) is 0 Å². The van der Waals surface area contributed by atoms with Crippen molar-refractivity contribution < 1.29 is 50.3 Å². The fraction of sp³-hybridized carbons (Fsp3) is 0.857. The van der Waals surface area contributed by atoms with Crippen LogP contribution in [0.15, 0.2) is 22.3 Å². The van der Waals surface area contributed by atoms with Crippen LogP contribution >= 0.6 is 0 Å². The molecule has 0 aromatic heterocycles. The molecule has 0 spiro atoms. The van der Waals surface area contributed by atoms with Gasteiger partial charge in [-0.1, -0.05) is 26.7 Å². The molecule has 0 aromatic rings. The summed E-state index contributed by atoms with van der Waals surface area (Å²) in [6.07, 6.45) is 23.9. The van der Waals surface area contributed by atoms with Gasteiger partial charge in [0.2, 0.25) is 0 Å². The van der Waals surface area contributed by atoms with Gasteiger partial charge in [0.25, 0.3) is 0 Å². The first-order valence-electron chi connectivity index (χ1n) is 17.2. The molecule has 0 aromatic carbocycles. The van der Waals surface area contributed by atoms with Crippen molar-refractivity contribution in [2.75, 3.05) is 0 Å². The Hall–Kier alpha value is 0.461. The molecular weight excluding hydrogens is 597 g/mol. The second kappa shape index (κ2) is 16.7. The molecule has 1 N–H and O–H groups in total. The minimum atomic E-state index is -1.24. The molecule has 4 atom stereocenters. The van der Waals surface area contributed by atoms with Crippen LogP contribution in [0.5, 0.6) is 0 Å². The summed E-state index contributed by atoms with van der Waals surface area (Å²) in [7, 11) is -1.24. The molecule has 5 aliphatic carbocycles. The van der Waals surface area contributed by atoms with Crippen molar-refractivity contribution in [3.8, 4) is 0 Å². The Morgan fingerprint density at radius 3 is 1.90 bits per heavy atom. The Labute approximate surface area is 280 Å². The number of amides is 1. The second-order valence-electron chi connectivity index (χ2n) is 14.4. The summed E-state index contributed by atoms with van der Waals surface area (Å²) in [6.45, 7) is 15.0. The maximum Gasteiger partial charge on any atom is -1.00 e. The molecule has 0 aliphatic heterocycles. The van der Waals surface area contributed by atoms with Crippen LogP contribution < -0.4 is 28.6 Å². The number of unbranched alkanes of at least 4 members (excludes halogenated alkanes) is 8. The third-order valence-corrected chi connectivity index (χ3v) is 15.5. The van der Waals surface area contributed by atoms with E-state index in [0.29, 0.717) is 11.8 Å². The van der Waals surface area contributed by atoms with E-state index in [-0.39, 0.29) is 35.3 Å². The fourth-order valence-electron chi connectivity index (χ4n) is 10.9. The number of hydrogen-bond donors (Lipinski definition) is 1. The minimum absolute atomic E-state index is 0. The Bertz CT molecular complexity index is 919. The van der Waals surface area contributed by atoms with Crippen molar-refractivity contribution in [3.05, 3.63) is 22.3 Å². The molecule has 1 amide bonds. The first-order chi connectivity index (χ1) is 18.8. The van der Waals surface area contributed by atoms with Gasteiger partial charge >= 0.3 is 230 Å². The molecule has 4 unspecified atom stereocenters. The van der Waals surface area contributed by atoms with Crippen LogP contribution in [0.2, 0.25) is 18.1 Å². The summed E-state index contributed by atoms with van der Waals surface area (Å²) in [6, 6.07) is 0. The van der Waals surface area contributed by atoms with Crippen LogP contribution in [-0.4, -0.2) is 14.7 Å². The number of halogens is 2. The molecule has 0 radical (unpaired) electrons. The van der Waals surface area contributed by atoms with Gasteiger partial charge in [0, 0.05) is 0 Å². The summed E-state index contributed by atoms with van der Waals surface area (Å²) in [4.78, 5) is 14.2. The summed E-state index contributed by atoms with van der Waals surface area (Å²) in [5, 5.41) is 0.156. The summed E-state index contributed by atoms with van der Waals surface area (Å²) >= 11 is 1.93. The molecule has 41 heavy (non-hydrogen) atoms. The fourth-order valence-corrected chi connectivity index (χ4v) is 15.0. The first kappa shape index (κ1) is 37.6. The van der Waals surface area contributed by atoms with E-state index in [1.165, 1.54) is 96.3 Å². The smallest absolute Gasteiger partial charge is 1.00 e. The number of nitrogens with one attached hydrogen (secondary N) is 1. The zero-order valence-electron chi connectivity index (χ0n) is 27.3. The van der Waals surface area contributed by atoms with Crippen LogP contribution in [0.4, 0.5) is 0 Å². The van der Waals surface area contributed by atoms with E-state index in [1.54, 1.807) is 11.1 Å². The second-order valence-corrected chi connectivity index (χ2v) is 18.0. The van der Waals surface area contributed by atoms with Gasteiger partial charge in [-0.25, -0.2) is 0 Å². The van der Waals surface area contributed by atoms with Gasteiger partial charge in [-0.3, -0.25) is 0 Å². The van der Waals surface area contributed by atoms with Crippen molar-refractivity contribution in [1.29, 1.82) is 0 Å². The van der Waals surface area contributed by atoms with E-state index < -0.39 is 8.80 Å². The Morgan fingerprint density at radius 2 is 1.37 bits per heavy atom. The molecule has 4 fully saturated rings. The number of rotatable bonds is 16. The average molecular weight is 658 g/mol. The quantitative estimate of drug-likeness (QED) is 0.198. The summed E-state index contributed by atoms with van der Waals surface area (Å²) < 4.78 is 3.28. The number of allylic oxidation sites excluding steroid dienone is 4. The molecular formula is C35H60Cl2NOSiTi. The van der Waals surface area contributed by atoms with Crippen molar-refractivity contribution in [3.63, 3.8) is 0 Å². The third-order valence-electron chi connectivity index (χ3n) is 12.0. The molecule has 6 heteroatoms. The van der Waals surface area contributed by atoms with Gasteiger partial charge in [-0.15, -0.1) is 0 Å². The third kappa shape index (κ3) is 6.85. The zero-order chi connectivity index (χ0) is 28.2. The topological polar surface area (TPSA) is 29.1 Å². The van der Waals surface area contributed by atoms with Gasteiger partial charge in [-0.05, 0) is 0 Å². The van der Waals surface area contributed by atoms with Crippen molar-refractivity contribution in [1.82, 2.24) is 3.80 Å². The van der Waals surface area contributed by atoms with E-state index >= 15 is 0 Å². The Balaban J connectivity index is 0.00000294. The van der Waals surface area contributed by atoms with Gasteiger partial charge in [0.1, 0.15) is 0 Å². The SMILES string of the molecule is CCCCCCCCC1=C(CCCCCC)C(CC)=C(C2([SiH](C)C)C3CC4CC(C3)CC2(C(=O)[NH][Ti+2])C4)C1C.[Cl-].[Cl-]. The standard InChI is InChI=1S/C35H61NOSi.2ClH.Ti/c1-7-10-12-14-15-17-18-30-25(4)32(29(9-3)31(30)19-16-13-11-8-2)35(38(5)6)28-21-26-20-27(22-28)24-34(35,23-26)33(36)37;;;/h25-28,38H,7-24H2,1-6H3,(H2,36,37);2*1H;/q;;;+3/p-3. The molecule has 4 bridgehead atoms. The summed E-state index contributed by atoms with van der Waals surface area (Å²) in [5.41, 5.74) is 7.01. The number of carbonyl (C=O) groups excluding carboxylic acids is 1. The van der Waals surface area contributed by atoms with Crippen molar-refractivity contribution in [2.24, 2.45) is 29.1 Å². The molecule has 5 aliphatic rings. The largest absolute Gasteiger partial charge is 1.00 e. The Kier molecular flexibility index (Phi) is 15.3. The van der Waals surface area contributed by atoms with Crippen molar-refractivity contribution >= 4 is 14.7 Å². The maximum absolute atomic E-state index is 14.2. The predicted molar refractivity (Wildman–Crippen MR) is 166 cm³/mol.